The van der Waals surface area contributed by atoms with Gasteiger partial charge in [-0.3, -0.25) is 9.69 Å². The summed E-state index contributed by atoms with van der Waals surface area (Å²) in [6.45, 7) is 7.22. The Bertz CT molecular complexity index is 493. The van der Waals surface area contributed by atoms with Crippen molar-refractivity contribution in [2.75, 3.05) is 45.9 Å². The van der Waals surface area contributed by atoms with E-state index in [0.717, 1.165) is 32.8 Å². The molecule has 1 aliphatic rings. The molecule has 0 aliphatic carbocycles. The normalized spacial score (nSPS) is 16.0. The Hall–Kier alpha value is -1.17. The van der Waals surface area contributed by atoms with E-state index in [4.69, 9.17) is 16.3 Å². The molecule has 0 bridgehead atoms. The van der Waals surface area contributed by atoms with Gasteiger partial charge in [-0.05, 0) is 25.1 Å². The van der Waals surface area contributed by atoms with Gasteiger partial charge in [0.05, 0.1) is 23.8 Å². The van der Waals surface area contributed by atoms with Crippen molar-refractivity contribution in [3.63, 3.8) is 0 Å². The minimum absolute atomic E-state index is 0.157. The van der Waals surface area contributed by atoms with Crippen LogP contribution in [0.3, 0.4) is 0 Å². The number of halogens is 2. The number of benzene rings is 1. The van der Waals surface area contributed by atoms with E-state index in [0.29, 0.717) is 18.7 Å². The van der Waals surface area contributed by atoms with Crippen LogP contribution in [-0.2, 0) is 4.74 Å². The number of morpholine rings is 1. The Balaban J connectivity index is 1.97. The van der Waals surface area contributed by atoms with E-state index in [1.807, 2.05) is 6.92 Å². The summed E-state index contributed by atoms with van der Waals surface area (Å²) >= 11 is 5.96. The number of carbonyl (C=O) groups excluding carboxylic acids is 1. The molecular formula is C15H20ClFN2O2. The fraction of sp³-hybridized carbons (Fsp3) is 0.533. The van der Waals surface area contributed by atoms with Crippen molar-refractivity contribution in [1.82, 2.24) is 9.80 Å². The number of rotatable bonds is 5. The quantitative estimate of drug-likeness (QED) is 0.836. The second kappa shape index (κ2) is 7.73. The zero-order chi connectivity index (χ0) is 15.2. The van der Waals surface area contributed by atoms with Crippen LogP contribution in [0, 0.1) is 5.82 Å². The molecule has 0 unspecified atom stereocenters. The Morgan fingerprint density at radius 2 is 2.14 bits per heavy atom. The van der Waals surface area contributed by atoms with Gasteiger partial charge in [-0.25, -0.2) is 4.39 Å². The van der Waals surface area contributed by atoms with E-state index in [1.165, 1.54) is 18.2 Å². The Kier molecular flexibility index (Phi) is 5.96. The van der Waals surface area contributed by atoms with E-state index >= 15 is 0 Å². The van der Waals surface area contributed by atoms with Gasteiger partial charge in [-0.15, -0.1) is 0 Å². The van der Waals surface area contributed by atoms with Gasteiger partial charge in [0.2, 0.25) is 0 Å². The van der Waals surface area contributed by atoms with Gasteiger partial charge in [0.15, 0.2) is 0 Å². The van der Waals surface area contributed by atoms with E-state index in [-0.39, 0.29) is 10.9 Å². The number of nitrogens with zero attached hydrogens (tertiary/aromatic N) is 2. The van der Waals surface area contributed by atoms with E-state index in [2.05, 4.69) is 4.90 Å². The minimum Gasteiger partial charge on any atom is -0.379 e. The number of hydrogen-bond acceptors (Lipinski definition) is 3. The van der Waals surface area contributed by atoms with Crippen LogP contribution >= 0.6 is 11.6 Å². The molecule has 1 aromatic rings. The molecule has 0 aromatic heterocycles. The van der Waals surface area contributed by atoms with Crippen molar-refractivity contribution >= 4 is 17.5 Å². The van der Waals surface area contributed by atoms with Crippen molar-refractivity contribution in [2.24, 2.45) is 0 Å². The molecule has 0 spiro atoms. The van der Waals surface area contributed by atoms with E-state index in [1.54, 1.807) is 4.90 Å². The summed E-state index contributed by atoms with van der Waals surface area (Å²) < 4.78 is 18.4. The Morgan fingerprint density at radius 1 is 1.43 bits per heavy atom. The molecule has 0 N–H and O–H groups in total. The van der Waals surface area contributed by atoms with Crippen LogP contribution in [0.15, 0.2) is 18.2 Å². The third-order valence-corrected chi connectivity index (χ3v) is 3.93. The molecule has 1 aromatic carbocycles. The zero-order valence-corrected chi connectivity index (χ0v) is 12.9. The number of likely N-dealkylation sites (N-methyl/N-ethyl adjacent to an activating group) is 1. The highest BCUT2D eigenvalue weighted by Crippen LogP contribution is 2.19. The fourth-order valence-electron chi connectivity index (χ4n) is 2.32. The van der Waals surface area contributed by atoms with Crippen LogP contribution in [0.5, 0.6) is 0 Å². The smallest absolute Gasteiger partial charge is 0.255 e. The largest absolute Gasteiger partial charge is 0.379 e. The number of amides is 1. The summed E-state index contributed by atoms with van der Waals surface area (Å²) in [5.74, 6) is -0.594. The first-order valence-corrected chi connectivity index (χ1v) is 7.54. The summed E-state index contributed by atoms with van der Waals surface area (Å²) in [4.78, 5) is 16.5. The molecule has 6 heteroatoms. The first kappa shape index (κ1) is 16.2. The third-order valence-electron chi connectivity index (χ3n) is 3.62. The van der Waals surface area contributed by atoms with Crippen LogP contribution in [-0.4, -0.2) is 61.6 Å². The van der Waals surface area contributed by atoms with Crippen molar-refractivity contribution in [3.05, 3.63) is 34.6 Å². The van der Waals surface area contributed by atoms with Crippen molar-refractivity contribution in [3.8, 4) is 0 Å². The molecule has 116 valence electrons. The Morgan fingerprint density at radius 3 is 2.76 bits per heavy atom. The van der Waals surface area contributed by atoms with Gasteiger partial charge in [-0.2, -0.15) is 0 Å². The van der Waals surface area contributed by atoms with Gasteiger partial charge in [0.25, 0.3) is 5.91 Å². The van der Waals surface area contributed by atoms with Crippen LogP contribution in [0.2, 0.25) is 5.02 Å². The monoisotopic (exact) mass is 314 g/mol. The maximum atomic E-state index is 13.1. The highest BCUT2D eigenvalue weighted by Gasteiger charge is 2.19. The average Bonchev–Trinajstić information content (AvgIpc) is 2.48. The van der Waals surface area contributed by atoms with Crippen LogP contribution in [0.1, 0.15) is 17.3 Å². The number of hydrogen-bond donors (Lipinski definition) is 0. The van der Waals surface area contributed by atoms with Crippen LogP contribution in [0.25, 0.3) is 0 Å². The predicted octanol–water partition coefficient (Wildman–Crippen LogP) is 2.27. The topological polar surface area (TPSA) is 32.8 Å². The van der Waals surface area contributed by atoms with Crippen molar-refractivity contribution < 1.29 is 13.9 Å². The molecule has 0 radical (unpaired) electrons. The average molecular weight is 315 g/mol. The molecule has 4 nitrogen and oxygen atoms in total. The highest BCUT2D eigenvalue weighted by atomic mass is 35.5. The van der Waals surface area contributed by atoms with E-state index < -0.39 is 5.82 Å². The molecular weight excluding hydrogens is 295 g/mol. The zero-order valence-electron chi connectivity index (χ0n) is 12.1. The first-order chi connectivity index (χ1) is 10.1. The van der Waals surface area contributed by atoms with Crippen LogP contribution in [0.4, 0.5) is 4.39 Å². The third kappa shape index (κ3) is 4.40. The summed E-state index contributed by atoms with van der Waals surface area (Å²) in [5.41, 5.74) is 0.349. The molecule has 1 amide bonds. The molecule has 0 atom stereocenters. The maximum Gasteiger partial charge on any atom is 0.255 e. The second-order valence-corrected chi connectivity index (χ2v) is 5.37. The summed E-state index contributed by atoms with van der Waals surface area (Å²) in [7, 11) is 0. The molecule has 0 saturated carbocycles. The van der Waals surface area contributed by atoms with Gasteiger partial charge in [0, 0.05) is 32.7 Å². The Labute approximate surface area is 129 Å². The second-order valence-electron chi connectivity index (χ2n) is 4.96. The molecule has 21 heavy (non-hydrogen) atoms. The maximum absolute atomic E-state index is 13.1. The number of carbonyl (C=O) groups is 1. The van der Waals surface area contributed by atoms with E-state index in [9.17, 15) is 9.18 Å². The van der Waals surface area contributed by atoms with Gasteiger partial charge < -0.3 is 9.64 Å². The molecule has 1 saturated heterocycles. The minimum atomic E-state index is -0.437. The lowest BCUT2D eigenvalue weighted by atomic mass is 10.2. The molecule has 1 heterocycles. The van der Waals surface area contributed by atoms with Crippen molar-refractivity contribution in [2.45, 2.75) is 6.92 Å². The molecule has 2 rings (SSSR count). The molecule has 1 fully saturated rings. The molecule has 1 aliphatic heterocycles. The van der Waals surface area contributed by atoms with Gasteiger partial charge in [-0.1, -0.05) is 11.6 Å². The first-order valence-electron chi connectivity index (χ1n) is 7.16. The lowest BCUT2D eigenvalue weighted by Crippen LogP contribution is -2.43. The lowest BCUT2D eigenvalue weighted by Gasteiger charge is -2.29. The SMILES string of the molecule is CCN(CCN1CCOCC1)C(=O)c1ccc(F)cc1Cl. The van der Waals surface area contributed by atoms with Crippen molar-refractivity contribution in [1.29, 1.82) is 0 Å². The fourth-order valence-corrected chi connectivity index (χ4v) is 2.57. The lowest BCUT2D eigenvalue weighted by molar-refractivity contribution is 0.0328. The highest BCUT2D eigenvalue weighted by molar-refractivity contribution is 6.33. The number of ether oxygens (including phenoxy) is 1. The summed E-state index contributed by atoms with van der Waals surface area (Å²) in [6.07, 6.45) is 0. The van der Waals surface area contributed by atoms with Gasteiger partial charge >= 0.3 is 0 Å². The van der Waals surface area contributed by atoms with Crippen LogP contribution < -0.4 is 0 Å². The summed E-state index contributed by atoms with van der Waals surface area (Å²) in [6, 6.07) is 3.87. The van der Waals surface area contributed by atoms with Gasteiger partial charge in [0.1, 0.15) is 5.82 Å². The summed E-state index contributed by atoms with van der Waals surface area (Å²) in [5, 5.41) is 0.157. The standard InChI is InChI=1S/C15H20ClFN2O2/c1-2-19(6-5-18-7-9-21-10-8-18)15(20)13-4-3-12(17)11-14(13)16/h3-4,11H,2,5-10H2,1H3. The predicted molar refractivity (Wildman–Crippen MR) is 80.2 cm³/mol.